The first-order valence-electron chi connectivity index (χ1n) is 11.5. The van der Waals surface area contributed by atoms with Crippen LogP contribution in [0.3, 0.4) is 0 Å². The van der Waals surface area contributed by atoms with E-state index in [9.17, 15) is 9.90 Å². The molecule has 0 unspecified atom stereocenters. The monoisotopic (exact) mass is 533 g/mol. The SMILES string of the molecule is COc1ccc(-n2c(SCC(=O)N/N=C\c3cc(OC)c(O)c(OC)c3)nnc2-c2ccc(C)cc2)cc1. The maximum Gasteiger partial charge on any atom is 0.250 e. The molecule has 0 fully saturated rings. The number of carbonyl (C=O) groups is 1. The number of thioether (sulfide) groups is 1. The number of amides is 1. The summed E-state index contributed by atoms with van der Waals surface area (Å²) in [6.07, 6.45) is 1.43. The molecular weight excluding hydrogens is 506 g/mol. The van der Waals surface area contributed by atoms with Gasteiger partial charge in [0.05, 0.1) is 33.3 Å². The van der Waals surface area contributed by atoms with Crippen LogP contribution in [0.25, 0.3) is 17.1 Å². The number of benzene rings is 3. The fourth-order valence-electron chi connectivity index (χ4n) is 3.55. The highest BCUT2D eigenvalue weighted by molar-refractivity contribution is 7.99. The number of aryl methyl sites for hydroxylation is 1. The molecule has 1 amide bonds. The lowest BCUT2D eigenvalue weighted by molar-refractivity contribution is -0.118. The molecule has 0 radical (unpaired) electrons. The van der Waals surface area contributed by atoms with Gasteiger partial charge in [-0.3, -0.25) is 9.36 Å². The summed E-state index contributed by atoms with van der Waals surface area (Å²) in [7, 11) is 4.48. The molecule has 0 saturated heterocycles. The fourth-order valence-corrected chi connectivity index (χ4v) is 4.29. The molecule has 0 bridgehead atoms. The predicted octanol–water partition coefficient (Wildman–Crippen LogP) is 4.22. The van der Waals surface area contributed by atoms with Gasteiger partial charge in [-0.25, -0.2) is 5.43 Å². The Labute approximate surface area is 224 Å². The minimum absolute atomic E-state index is 0.0573. The molecule has 4 rings (SSSR count). The summed E-state index contributed by atoms with van der Waals surface area (Å²) in [4.78, 5) is 12.5. The van der Waals surface area contributed by atoms with Gasteiger partial charge in [0.2, 0.25) is 5.75 Å². The summed E-state index contributed by atoms with van der Waals surface area (Å²) in [5.41, 5.74) is 5.95. The van der Waals surface area contributed by atoms with Crippen LogP contribution in [-0.2, 0) is 4.79 Å². The lowest BCUT2D eigenvalue weighted by Crippen LogP contribution is -2.20. The van der Waals surface area contributed by atoms with Gasteiger partial charge in [-0.1, -0.05) is 41.6 Å². The molecule has 0 spiro atoms. The van der Waals surface area contributed by atoms with E-state index < -0.39 is 0 Å². The Kier molecular flexibility index (Phi) is 8.49. The van der Waals surface area contributed by atoms with Crippen molar-refractivity contribution in [1.29, 1.82) is 0 Å². The highest BCUT2D eigenvalue weighted by Gasteiger charge is 2.17. The van der Waals surface area contributed by atoms with Gasteiger partial charge in [0, 0.05) is 16.8 Å². The van der Waals surface area contributed by atoms with Crippen molar-refractivity contribution in [2.45, 2.75) is 12.1 Å². The average molecular weight is 534 g/mol. The Balaban J connectivity index is 1.50. The minimum Gasteiger partial charge on any atom is -0.502 e. The number of nitrogens with zero attached hydrogens (tertiary/aromatic N) is 4. The fraction of sp³-hybridized carbons (Fsp3) is 0.185. The van der Waals surface area contributed by atoms with Crippen LogP contribution in [0.2, 0.25) is 0 Å². The van der Waals surface area contributed by atoms with E-state index in [4.69, 9.17) is 14.2 Å². The number of phenols is 1. The first kappa shape index (κ1) is 26.6. The van der Waals surface area contributed by atoms with Crippen LogP contribution in [0.1, 0.15) is 11.1 Å². The van der Waals surface area contributed by atoms with Crippen LogP contribution in [0.5, 0.6) is 23.0 Å². The number of nitrogens with one attached hydrogen (secondary N) is 1. The van der Waals surface area contributed by atoms with Gasteiger partial charge in [-0.15, -0.1) is 10.2 Å². The number of carbonyl (C=O) groups excluding carboxylic acids is 1. The summed E-state index contributed by atoms with van der Waals surface area (Å²) >= 11 is 1.24. The molecule has 0 saturated carbocycles. The first-order valence-corrected chi connectivity index (χ1v) is 12.5. The van der Waals surface area contributed by atoms with Gasteiger partial charge < -0.3 is 19.3 Å². The molecule has 38 heavy (non-hydrogen) atoms. The Bertz CT molecular complexity index is 1410. The van der Waals surface area contributed by atoms with Crippen molar-refractivity contribution < 1.29 is 24.1 Å². The second-order valence-electron chi connectivity index (χ2n) is 8.06. The zero-order valence-electron chi connectivity index (χ0n) is 21.3. The lowest BCUT2D eigenvalue weighted by atomic mass is 10.1. The molecule has 11 heteroatoms. The van der Waals surface area contributed by atoms with Crippen LogP contribution >= 0.6 is 11.8 Å². The minimum atomic E-state index is -0.329. The highest BCUT2D eigenvalue weighted by atomic mass is 32.2. The molecule has 2 N–H and O–H groups in total. The number of ether oxygens (including phenoxy) is 3. The summed E-state index contributed by atoms with van der Waals surface area (Å²) in [6.45, 7) is 2.02. The summed E-state index contributed by atoms with van der Waals surface area (Å²) < 4.78 is 17.5. The number of aromatic nitrogens is 3. The van der Waals surface area contributed by atoms with E-state index in [-0.39, 0.29) is 28.9 Å². The Morgan fingerprint density at radius 2 is 1.66 bits per heavy atom. The van der Waals surface area contributed by atoms with E-state index in [0.29, 0.717) is 16.5 Å². The molecule has 0 aliphatic carbocycles. The quantitative estimate of drug-likeness (QED) is 0.177. The van der Waals surface area contributed by atoms with Gasteiger partial charge in [-0.05, 0) is 43.3 Å². The Morgan fingerprint density at radius 1 is 1.00 bits per heavy atom. The smallest absolute Gasteiger partial charge is 0.250 e. The van der Waals surface area contributed by atoms with Crippen molar-refractivity contribution in [2.24, 2.45) is 5.10 Å². The van der Waals surface area contributed by atoms with Crippen molar-refractivity contribution in [3.8, 4) is 40.1 Å². The van der Waals surface area contributed by atoms with E-state index in [1.807, 2.05) is 60.0 Å². The van der Waals surface area contributed by atoms with Gasteiger partial charge in [0.15, 0.2) is 22.5 Å². The Hall–Kier alpha value is -4.51. The zero-order valence-corrected chi connectivity index (χ0v) is 22.2. The largest absolute Gasteiger partial charge is 0.502 e. The van der Waals surface area contributed by atoms with Crippen LogP contribution in [0.4, 0.5) is 0 Å². The number of hydrogen-bond donors (Lipinski definition) is 2. The normalized spacial score (nSPS) is 10.9. The number of aromatic hydroxyl groups is 1. The second-order valence-corrected chi connectivity index (χ2v) is 9.00. The summed E-state index contributed by atoms with van der Waals surface area (Å²) in [6, 6.07) is 18.7. The average Bonchev–Trinajstić information content (AvgIpc) is 3.37. The second kappa shape index (κ2) is 12.2. The van der Waals surface area contributed by atoms with Crippen molar-refractivity contribution in [3.63, 3.8) is 0 Å². The van der Waals surface area contributed by atoms with E-state index in [1.165, 1.54) is 32.2 Å². The number of hydrogen-bond acceptors (Lipinski definition) is 9. The highest BCUT2D eigenvalue weighted by Crippen LogP contribution is 2.36. The third-order valence-corrected chi connectivity index (χ3v) is 6.44. The standard InChI is InChI=1S/C27H27N5O5S/c1-17-5-7-19(8-6-17)26-30-31-27(32(26)20-9-11-21(35-2)12-10-20)38-16-24(33)29-28-15-18-13-22(36-3)25(34)23(14-18)37-4/h5-15,34H,16H2,1-4H3,(H,29,33)/b28-15-. The van der Waals surface area contributed by atoms with Crippen molar-refractivity contribution in [2.75, 3.05) is 27.1 Å². The Morgan fingerprint density at radius 3 is 2.26 bits per heavy atom. The van der Waals surface area contributed by atoms with E-state index in [2.05, 4.69) is 20.7 Å². The number of phenolic OH excluding ortho intramolecular Hbond substituents is 1. The molecule has 10 nitrogen and oxygen atoms in total. The van der Waals surface area contributed by atoms with Crippen LogP contribution < -0.4 is 19.6 Å². The number of hydrazone groups is 1. The molecule has 1 aromatic heterocycles. The van der Waals surface area contributed by atoms with Crippen LogP contribution in [0.15, 0.2) is 70.9 Å². The maximum atomic E-state index is 12.5. The van der Waals surface area contributed by atoms with Crippen molar-refractivity contribution in [3.05, 3.63) is 71.8 Å². The zero-order chi connectivity index (χ0) is 27.1. The molecule has 0 aliphatic rings. The lowest BCUT2D eigenvalue weighted by Gasteiger charge is -2.11. The third kappa shape index (κ3) is 6.06. The van der Waals surface area contributed by atoms with Crippen molar-refractivity contribution in [1.82, 2.24) is 20.2 Å². The number of methoxy groups -OCH3 is 3. The van der Waals surface area contributed by atoms with Gasteiger partial charge in [0.25, 0.3) is 5.91 Å². The van der Waals surface area contributed by atoms with E-state index >= 15 is 0 Å². The molecule has 0 atom stereocenters. The molecule has 196 valence electrons. The van der Waals surface area contributed by atoms with E-state index in [1.54, 1.807) is 19.2 Å². The van der Waals surface area contributed by atoms with Crippen LogP contribution in [0, 0.1) is 6.92 Å². The van der Waals surface area contributed by atoms with Gasteiger partial charge in [-0.2, -0.15) is 5.10 Å². The number of rotatable bonds is 10. The molecule has 1 heterocycles. The maximum absolute atomic E-state index is 12.5. The van der Waals surface area contributed by atoms with Gasteiger partial charge in [0.1, 0.15) is 5.75 Å². The predicted molar refractivity (Wildman–Crippen MR) is 146 cm³/mol. The third-order valence-electron chi connectivity index (χ3n) is 5.51. The van der Waals surface area contributed by atoms with E-state index in [0.717, 1.165) is 22.6 Å². The molecule has 4 aromatic rings. The molecule has 3 aromatic carbocycles. The molecular formula is C27H27N5O5S. The van der Waals surface area contributed by atoms with Crippen LogP contribution in [-0.4, -0.2) is 59.1 Å². The molecule has 0 aliphatic heterocycles. The van der Waals surface area contributed by atoms with Crippen molar-refractivity contribution >= 4 is 23.9 Å². The summed E-state index contributed by atoms with van der Waals surface area (Å²) in [5.74, 6) is 1.47. The van der Waals surface area contributed by atoms with Gasteiger partial charge >= 0.3 is 0 Å². The first-order chi connectivity index (χ1) is 18.4. The topological polar surface area (TPSA) is 120 Å². The summed E-state index contributed by atoms with van der Waals surface area (Å²) in [5, 5.41) is 23.4.